The Bertz CT molecular complexity index is 525. The van der Waals surface area contributed by atoms with Crippen LogP contribution in [-0.4, -0.2) is 28.6 Å². The second-order valence-corrected chi connectivity index (χ2v) is 5.46. The molecule has 0 fully saturated rings. The van der Waals surface area contributed by atoms with Gasteiger partial charge in [0.1, 0.15) is 0 Å². The minimum Gasteiger partial charge on any atom is -0.388 e. The molecule has 1 heterocycles. The van der Waals surface area contributed by atoms with Gasteiger partial charge in [-0.3, -0.25) is 4.98 Å². The monoisotopic (exact) mass is 284 g/mol. The smallest absolute Gasteiger partial charge is 0.0802 e. The fraction of sp³-hybridized carbons (Fsp3) is 0.389. The van der Waals surface area contributed by atoms with Gasteiger partial charge in [0.25, 0.3) is 0 Å². The first kappa shape index (κ1) is 15.7. The first-order chi connectivity index (χ1) is 10.2. The zero-order valence-corrected chi connectivity index (χ0v) is 12.9. The normalized spacial score (nSPS) is 12.6. The Balaban J connectivity index is 1.80. The van der Waals surface area contributed by atoms with E-state index < -0.39 is 6.10 Å². The largest absolute Gasteiger partial charge is 0.388 e. The van der Waals surface area contributed by atoms with Crippen LogP contribution in [0.5, 0.6) is 0 Å². The van der Waals surface area contributed by atoms with E-state index in [-0.39, 0.29) is 0 Å². The standard InChI is InChI=1S/C18H24N2O/c1-3-15-9-10-17(19-13-15)14-20(2)12-11-18(21)16-7-5-4-6-8-16/h4-10,13,18,21H,3,11-12,14H2,1-2H3/t18-/m0/s1. The fourth-order valence-corrected chi connectivity index (χ4v) is 2.30. The number of hydrogen-bond donors (Lipinski definition) is 1. The number of pyridine rings is 1. The van der Waals surface area contributed by atoms with Gasteiger partial charge < -0.3 is 10.0 Å². The van der Waals surface area contributed by atoms with Gasteiger partial charge in [0.2, 0.25) is 0 Å². The summed E-state index contributed by atoms with van der Waals surface area (Å²) in [6.07, 6.45) is 3.30. The van der Waals surface area contributed by atoms with Crippen molar-refractivity contribution in [3.8, 4) is 0 Å². The van der Waals surface area contributed by atoms with Gasteiger partial charge in [0.05, 0.1) is 11.8 Å². The van der Waals surface area contributed by atoms with Gasteiger partial charge in [-0.2, -0.15) is 0 Å². The van der Waals surface area contributed by atoms with Gasteiger partial charge in [0, 0.05) is 19.3 Å². The van der Waals surface area contributed by atoms with Crippen LogP contribution in [0.4, 0.5) is 0 Å². The number of aryl methyl sites for hydroxylation is 1. The molecule has 3 nitrogen and oxygen atoms in total. The van der Waals surface area contributed by atoms with Crippen LogP contribution in [-0.2, 0) is 13.0 Å². The third kappa shape index (κ3) is 4.96. The van der Waals surface area contributed by atoms with E-state index in [1.165, 1.54) is 5.56 Å². The van der Waals surface area contributed by atoms with Crippen LogP contribution in [0.15, 0.2) is 48.7 Å². The molecule has 3 heteroatoms. The van der Waals surface area contributed by atoms with E-state index in [0.29, 0.717) is 0 Å². The van der Waals surface area contributed by atoms with Crippen molar-refractivity contribution in [2.45, 2.75) is 32.4 Å². The highest BCUT2D eigenvalue weighted by Gasteiger charge is 2.09. The van der Waals surface area contributed by atoms with Crippen LogP contribution in [0, 0.1) is 0 Å². The number of nitrogens with zero attached hydrogens (tertiary/aromatic N) is 2. The van der Waals surface area contributed by atoms with E-state index in [2.05, 4.69) is 36.0 Å². The van der Waals surface area contributed by atoms with E-state index >= 15 is 0 Å². The number of rotatable bonds is 7. The van der Waals surface area contributed by atoms with Crippen molar-refractivity contribution in [1.29, 1.82) is 0 Å². The summed E-state index contributed by atoms with van der Waals surface area (Å²) in [4.78, 5) is 6.67. The molecule has 0 radical (unpaired) electrons. The summed E-state index contributed by atoms with van der Waals surface area (Å²) < 4.78 is 0. The van der Waals surface area contributed by atoms with E-state index in [0.717, 1.165) is 37.2 Å². The summed E-state index contributed by atoms with van der Waals surface area (Å²) in [5, 5.41) is 10.2. The van der Waals surface area contributed by atoms with Gasteiger partial charge >= 0.3 is 0 Å². The maximum Gasteiger partial charge on any atom is 0.0802 e. The van der Waals surface area contributed by atoms with Crippen molar-refractivity contribution < 1.29 is 5.11 Å². The fourth-order valence-electron chi connectivity index (χ4n) is 2.30. The maximum atomic E-state index is 10.2. The van der Waals surface area contributed by atoms with Crippen molar-refractivity contribution in [2.75, 3.05) is 13.6 Å². The van der Waals surface area contributed by atoms with Crippen LogP contribution >= 0.6 is 0 Å². The predicted molar refractivity (Wildman–Crippen MR) is 86.0 cm³/mol. The molecule has 2 rings (SSSR count). The number of aliphatic hydroxyl groups excluding tert-OH is 1. The Labute approximate surface area is 127 Å². The van der Waals surface area contributed by atoms with Gasteiger partial charge in [-0.1, -0.05) is 43.3 Å². The van der Waals surface area contributed by atoms with E-state index in [1.54, 1.807) is 0 Å². The number of aromatic nitrogens is 1. The van der Waals surface area contributed by atoms with Crippen molar-refractivity contribution in [2.24, 2.45) is 0 Å². The average Bonchev–Trinajstić information content (AvgIpc) is 2.54. The molecule has 0 amide bonds. The lowest BCUT2D eigenvalue weighted by atomic mass is 10.1. The molecular formula is C18H24N2O. The number of aliphatic hydroxyl groups is 1. The molecule has 0 aliphatic rings. The van der Waals surface area contributed by atoms with Crippen molar-refractivity contribution in [1.82, 2.24) is 9.88 Å². The minimum absolute atomic E-state index is 0.399. The highest BCUT2D eigenvalue weighted by Crippen LogP contribution is 2.16. The van der Waals surface area contributed by atoms with Crippen LogP contribution in [0.3, 0.4) is 0 Å². The molecule has 2 aromatic rings. The third-order valence-corrected chi connectivity index (χ3v) is 3.69. The molecule has 21 heavy (non-hydrogen) atoms. The molecule has 0 spiro atoms. The maximum absolute atomic E-state index is 10.2. The summed E-state index contributed by atoms with van der Waals surface area (Å²) in [6, 6.07) is 14.0. The second kappa shape index (κ2) is 7.91. The Hall–Kier alpha value is -1.71. The molecule has 0 bridgehead atoms. The first-order valence-corrected chi connectivity index (χ1v) is 7.54. The average molecular weight is 284 g/mol. The molecule has 0 aliphatic heterocycles. The lowest BCUT2D eigenvalue weighted by molar-refractivity contribution is 0.147. The van der Waals surface area contributed by atoms with E-state index in [1.807, 2.05) is 36.5 Å². The minimum atomic E-state index is -0.399. The Morgan fingerprint density at radius 3 is 2.52 bits per heavy atom. The van der Waals surface area contributed by atoms with Crippen LogP contribution in [0.1, 0.15) is 36.3 Å². The molecular weight excluding hydrogens is 260 g/mol. The van der Waals surface area contributed by atoms with Gasteiger partial charge in [-0.15, -0.1) is 0 Å². The van der Waals surface area contributed by atoms with Crippen LogP contribution in [0.2, 0.25) is 0 Å². The summed E-state index contributed by atoms with van der Waals surface area (Å²) in [6.45, 7) is 3.78. The molecule has 0 aliphatic carbocycles. The quantitative estimate of drug-likeness (QED) is 0.848. The number of benzene rings is 1. The van der Waals surface area contributed by atoms with Gasteiger partial charge in [0.15, 0.2) is 0 Å². The molecule has 1 aromatic heterocycles. The second-order valence-electron chi connectivity index (χ2n) is 5.46. The Morgan fingerprint density at radius 2 is 1.90 bits per heavy atom. The topological polar surface area (TPSA) is 36.4 Å². The van der Waals surface area contributed by atoms with E-state index in [4.69, 9.17) is 0 Å². The predicted octanol–water partition coefficient (Wildman–Crippen LogP) is 3.20. The van der Waals surface area contributed by atoms with Gasteiger partial charge in [-0.25, -0.2) is 0 Å². The highest BCUT2D eigenvalue weighted by atomic mass is 16.3. The molecule has 1 N–H and O–H groups in total. The zero-order chi connectivity index (χ0) is 15.1. The van der Waals surface area contributed by atoms with Crippen molar-refractivity contribution in [3.63, 3.8) is 0 Å². The third-order valence-electron chi connectivity index (χ3n) is 3.69. The molecule has 0 unspecified atom stereocenters. The summed E-state index contributed by atoms with van der Waals surface area (Å²) in [7, 11) is 2.06. The molecule has 1 aromatic carbocycles. The Kier molecular flexibility index (Phi) is 5.90. The van der Waals surface area contributed by atoms with Crippen molar-refractivity contribution in [3.05, 3.63) is 65.5 Å². The number of hydrogen-bond acceptors (Lipinski definition) is 3. The summed E-state index contributed by atoms with van der Waals surface area (Å²) in [5.74, 6) is 0. The van der Waals surface area contributed by atoms with Gasteiger partial charge in [-0.05, 0) is 37.1 Å². The highest BCUT2D eigenvalue weighted by molar-refractivity contribution is 5.17. The summed E-state index contributed by atoms with van der Waals surface area (Å²) >= 11 is 0. The van der Waals surface area contributed by atoms with Crippen molar-refractivity contribution >= 4 is 0 Å². The summed E-state index contributed by atoms with van der Waals surface area (Å²) in [5.41, 5.74) is 3.32. The Morgan fingerprint density at radius 1 is 1.14 bits per heavy atom. The lowest BCUT2D eigenvalue weighted by Gasteiger charge is -2.18. The lowest BCUT2D eigenvalue weighted by Crippen LogP contribution is -2.21. The zero-order valence-electron chi connectivity index (χ0n) is 12.9. The molecule has 112 valence electrons. The van der Waals surface area contributed by atoms with Crippen LogP contribution in [0.25, 0.3) is 0 Å². The molecule has 1 atom stereocenters. The van der Waals surface area contributed by atoms with Crippen LogP contribution < -0.4 is 0 Å². The van der Waals surface area contributed by atoms with E-state index in [9.17, 15) is 5.11 Å². The molecule has 0 saturated carbocycles. The first-order valence-electron chi connectivity index (χ1n) is 7.54. The SMILES string of the molecule is CCc1ccc(CN(C)CC[C@H](O)c2ccccc2)nc1. The molecule has 0 saturated heterocycles.